The van der Waals surface area contributed by atoms with Gasteiger partial charge in [-0.2, -0.15) is 0 Å². The topological polar surface area (TPSA) is 75.5 Å². The van der Waals surface area contributed by atoms with Gasteiger partial charge in [-0.15, -0.1) is 0 Å². The van der Waals surface area contributed by atoms with Gasteiger partial charge in [-0.1, -0.05) is 11.6 Å². The van der Waals surface area contributed by atoms with Gasteiger partial charge in [0.2, 0.25) is 0 Å². The molecule has 2 amide bonds. The molecule has 0 atom stereocenters. The van der Waals surface area contributed by atoms with E-state index < -0.39 is 16.8 Å². The SMILES string of the molecule is CNC(=O)N(c1ccc(F)cc1)c1ccc(Cl)c([N+](=O)[O-])c1. The van der Waals surface area contributed by atoms with Crippen molar-refractivity contribution in [3.8, 4) is 0 Å². The first-order valence-electron chi connectivity index (χ1n) is 6.15. The fraction of sp³-hybridized carbons (Fsp3) is 0.0714. The number of nitrogens with one attached hydrogen (secondary N) is 1. The number of carbonyl (C=O) groups is 1. The van der Waals surface area contributed by atoms with Crippen molar-refractivity contribution in [3.63, 3.8) is 0 Å². The van der Waals surface area contributed by atoms with Crippen molar-refractivity contribution in [2.45, 2.75) is 0 Å². The Labute approximate surface area is 130 Å². The normalized spacial score (nSPS) is 10.1. The third kappa shape index (κ3) is 3.15. The molecule has 6 nitrogen and oxygen atoms in total. The number of urea groups is 1. The van der Waals surface area contributed by atoms with Gasteiger partial charge in [-0.3, -0.25) is 15.0 Å². The van der Waals surface area contributed by atoms with Crippen LogP contribution in [0.4, 0.5) is 26.2 Å². The van der Waals surface area contributed by atoms with Crippen LogP contribution in [0.3, 0.4) is 0 Å². The molecule has 0 heterocycles. The van der Waals surface area contributed by atoms with Crippen LogP contribution in [-0.4, -0.2) is 18.0 Å². The summed E-state index contributed by atoms with van der Waals surface area (Å²) < 4.78 is 13.0. The first-order valence-corrected chi connectivity index (χ1v) is 6.53. The number of nitrogens with zero attached hydrogens (tertiary/aromatic N) is 2. The van der Waals surface area contributed by atoms with E-state index in [1.807, 2.05) is 0 Å². The van der Waals surface area contributed by atoms with Crippen LogP contribution in [0.15, 0.2) is 42.5 Å². The fourth-order valence-electron chi connectivity index (χ4n) is 1.87. The molecule has 0 unspecified atom stereocenters. The summed E-state index contributed by atoms with van der Waals surface area (Å²) in [6, 6.07) is 8.62. The zero-order chi connectivity index (χ0) is 16.3. The molecule has 22 heavy (non-hydrogen) atoms. The van der Waals surface area contributed by atoms with Crippen LogP contribution in [0.1, 0.15) is 0 Å². The Kier molecular flexibility index (Phi) is 4.57. The van der Waals surface area contributed by atoms with E-state index in [2.05, 4.69) is 5.32 Å². The molecule has 0 aromatic heterocycles. The molecule has 2 aromatic carbocycles. The molecule has 8 heteroatoms. The van der Waals surface area contributed by atoms with Crippen LogP contribution in [0.5, 0.6) is 0 Å². The standard InChI is InChI=1S/C14H11ClFN3O3/c1-17-14(20)18(10-4-2-9(16)3-5-10)11-6-7-12(15)13(8-11)19(21)22/h2-8H,1H3,(H,17,20). The second kappa shape index (κ2) is 6.40. The second-order valence-corrected chi connectivity index (χ2v) is 4.67. The lowest BCUT2D eigenvalue weighted by Crippen LogP contribution is -2.34. The summed E-state index contributed by atoms with van der Waals surface area (Å²) >= 11 is 5.77. The van der Waals surface area contributed by atoms with Crippen molar-refractivity contribution in [1.82, 2.24) is 5.32 Å². The minimum absolute atomic E-state index is 0.0373. The molecular formula is C14H11ClFN3O3. The van der Waals surface area contributed by atoms with Gasteiger partial charge in [-0.25, -0.2) is 9.18 Å². The third-order valence-electron chi connectivity index (χ3n) is 2.89. The molecule has 0 aliphatic heterocycles. The van der Waals surface area contributed by atoms with E-state index in [1.54, 1.807) is 0 Å². The number of hydrogen-bond acceptors (Lipinski definition) is 3. The van der Waals surface area contributed by atoms with E-state index in [1.165, 1.54) is 54.4 Å². The van der Waals surface area contributed by atoms with Gasteiger partial charge in [0, 0.05) is 13.1 Å². The van der Waals surface area contributed by atoms with Crippen LogP contribution < -0.4 is 10.2 Å². The van der Waals surface area contributed by atoms with Gasteiger partial charge in [0.05, 0.1) is 16.3 Å². The first-order chi connectivity index (χ1) is 10.4. The predicted molar refractivity (Wildman–Crippen MR) is 81.1 cm³/mol. The van der Waals surface area contributed by atoms with Gasteiger partial charge in [0.1, 0.15) is 10.8 Å². The van der Waals surface area contributed by atoms with Crippen LogP contribution >= 0.6 is 11.6 Å². The van der Waals surface area contributed by atoms with Crippen molar-refractivity contribution < 1.29 is 14.1 Å². The maximum atomic E-state index is 13.0. The van der Waals surface area contributed by atoms with Crippen molar-refractivity contribution in [2.75, 3.05) is 11.9 Å². The molecule has 0 saturated heterocycles. The highest BCUT2D eigenvalue weighted by Gasteiger charge is 2.21. The number of hydrogen-bond donors (Lipinski definition) is 1. The summed E-state index contributed by atoms with van der Waals surface area (Å²) in [6.45, 7) is 0. The largest absolute Gasteiger partial charge is 0.340 e. The molecule has 0 aliphatic rings. The van der Waals surface area contributed by atoms with Crippen molar-refractivity contribution >= 4 is 34.7 Å². The Balaban J connectivity index is 2.55. The third-order valence-corrected chi connectivity index (χ3v) is 3.21. The van der Waals surface area contributed by atoms with E-state index in [9.17, 15) is 19.3 Å². The highest BCUT2D eigenvalue weighted by molar-refractivity contribution is 6.32. The second-order valence-electron chi connectivity index (χ2n) is 4.26. The summed E-state index contributed by atoms with van der Waals surface area (Å²) in [6.07, 6.45) is 0. The molecule has 1 N–H and O–H groups in total. The van der Waals surface area contributed by atoms with E-state index in [-0.39, 0.29) is 16.4 Å². The fourth-order valence-corrected chi connectivity index (χ4v) is 2.05. The molecule has 2 rings (SSSR count). The Morgan fingerprint density at radius 2 is 1.82 bits per heavy atom. The molecule has 2 aromatic rings. The van der Waals surface area contributed by atoms with Crippen molar-refractivity contribution in [3.05, 3.63) is 63.4 Å². The Morgan fingerprint density at radius 1 is 1.23 bits per heavy atom. The Hall–Kier alpha value is -2.67. The minimum atomic E-state index is -0.640. The molecule has 0 saturated carbocycles. The summed E-state index contributed by atoms with van der Waals surface area (Å²) in [5, 5.41) is 13.4. The zero-order valence-electron chi connectivity index (χ0n) is 11.4. The van der Waals surface area contributed by atoms with Gasteiger partial charge in [0.15, 0.2) is 0 Å². The van der Waals surface area contributed by atoms with Crippen LogP contribution in [0, 0.1) is 15.9 Å². The lowest BCUT2D eigenvalue weighted by atomic mass is 10.2. The van der Waals surface area contributed by atoms with E-state index in [4.69, 9.17) is 11.6 Å². The minimum Gasteiger partial charge on any atom is -0.340 e. The monoisotopic (exact) mass is 323 g/mol. The van der Waals surface area contributed by atoms with E-state index >= 15 is 0 Å². The maximum Gasteiger partial charge on any atom is 0.326 e. The van der Waals surface area contributed by atoms with Crippen LogP contribution in [0.2, 0.25) is 5.02 Å². The van der Waals surface area contributed by atoms with Gasteiger partial charge >= 0.3 is 6.03 Å². The van der Waals surface area contributed by atoms with Crippen molar-refractivity contribution in [2.24, 2.45) is 0 Å². The Morgan fingerprint density at radius 3 is 2.36 bits per heavy atom. The summed E-state index contributed by atoms with van der Waals surface area (Å²) in [5.41, 5.74) is 0.273. The number of rotatable bonds is 3. The van der Waals surface area contributed by atoms with Crippen LogP contribution in [-0.2, 0) is 0 Å². The Bertz CT molecular complexity index is 722. The molecular weight excluding hydrogens is 313 g/mol. The predicted octanol–water partition coefficient (Wildman–Crippen LogP) is 3.86. The number of benzene rings is 2. The lowest BCUT2D eigenvalue weighted by Gasteiger charge is -2.22. The van der Waals surface area contributed by atoms with Gasteiger partial charge < -0.3 is 5.32 Å². The number of halogens is 2. The summed E-state index contributed by atoms with van der Waals surface area (Å²) in [4.78, 5) is 23.6. The molecule has 0 bridgehead atoms. The molecule has 0 aliphatic carbocycles. The number of nitro groups is 1. The summed E-state index contributed by atoms with van der Waals surface area (Å²) in [5.74, 6) is -0.456. The molecule has 0 spiro atoms. The smallest absolute Gasteiger partial charge is 0.326 e. The summed E-state index contributed by atoms with van der Waals surface area (Å²) in [7, 11) is 1.42. The van der Waals surface area contributed by atoms with Crippen molar-refractivity contribution in [1.29, 1.82) is 0 Å². The first kappa shape index (κ1) is 15.7. The average Bonchev–Trinajstić information content (AvgIpc) is 2.50. The number of nitro benzene ring substituents is 1. The van der Waals surface area contributed by atoms with Gasteiger partial charge in [-0.05, 0) is 36.4 Å². The van der Waals surface area contributed by atoms with Crippen LogP contribution in [0.25, 0.3) is 0 Å². The highest BCUT2D eigenvalue weighted by Crippen LogP contribution is 2.33. The van der Waals surface area contributed by atoms with E-state index in [0.29, 0.717) is 5.69 Å². The van der Waals surface area contributed by atoms with Gasteiger partial charge in [0.25, 0.3) is 5.69 Å². The highest BCUT2D eigenvalue weighted by atomic mass is 35.5. The lowest BCUT2D eigenvalue weighted by molar-refractivity contribution is -0.384. The molecule has 114 valence electrons. The quantitative estimate of drug-likeness (QED) is 0.688. The average molecular weight is 324 g/mol. The maximum absolute atomic E-state index is 13.0. The number of anilines is 2. The number of amides is 2. The van der Waals surface area contributed by atoms with E-state index in [0.717, 1.165) is 0 Å². The zero-order valence-corrected chi connectivity index (χ0v) is 12.2. The number of carbonyl (C=O) groups excluding carboxylic acids is 1. The molecule has 0 radical (unpaired) electrons. The molecule has 0 fully saturated rings.